The Morgan fingerprint density at radius 2 is 1.88 bits per heavy atom. The van der Waals surface area contributed by atoms with Gasteiger partial charge in [-0.15, -0.1) is 12.4 Å². The quantitative estimate of drug-likeness (QED) is 0.822. The Morgan fingerprint density at radius 3 is 2.50 bits per heavy atom. The third kappa shape index (κ3) is 3.38. The molecule has 0 radical (unpaired) electrons. The van der Waals surface area contributed by atoms with Crippen molar-refractivity contribution >= 4 is 30.0 Å². The molecular formula is C18H24ClFN4O2. The fourth-order valence-corrected chi connectivity index (χ4v) is 4.14. The standard InChI is InChI=1S/C18H23FN4O2.ClH/c19-15-2-1-13(23-10-7-21-17(23)25)11-14(15)16(24)22-8-4-18(5-9-22)3-6-20-12-18;/h1-2,11,20H,3-10,12H2,(H,21,25);1H. The Balaban J connectivity index is 0.00000196. The molecule has 1 aromatic rings. The second-order valence-electron chi connectivity index (χ2n) is 7.27. The van der Waals surface area contributed by atoms with Gasteiger partial charge in [-0.1, -0.05) is 0 Å². The maximum atomic E-state index is 14.3. The number of amides is 3. The first-order chi connectivity index (χ1) is 12.1. The van der Waals surface area contributed by atoms with Gasteiger partial charge >= 0.3 is 6.03 Å². The molecule has 1 aromatic carbocycles. The van der Waals surface area contributed by atoms with E-state index in [0.29, 0.717) is 37.3 Å². The zero-order chi connectivity index (χ0) is 17.4. The van der Waals surface area contributed by atoms with Crippen LogP contribution in [-0.2, 0) is 0 Å². The lowest BCUT2D eigenvalue weighted by molar-refractivity contribution is 0.0603. The summed E-state index contributed by atoms with van der Waals surface area (Å²) in [5.41, 5.74) is 0.927. The lowest BCUT2D eigenvalue weighted by atomic mass is 9.78. The van der Waals surface area contributed by atoms with E-state index in [1.54, 1.807) is 11.0 Å². The molecule has 4 rings (SSSR count). The van der Waals surface area contributed by atoms with E-state index >= 15 is 0 Å². The molecule has 0 atom stereocenters. The Hall–Kier alpha value is -1.86. The van der Waals surface area contributed by atoms with Crippen molar-refractivity contribution in [3.05, 3.63) is 29.6 Å². The van der Waals surface area contributed by atoms with Crippen molar-refractivity contribution in [1.82, 2.24) is 15.5 Å². The van der Waals surface area contributed by atoms with E-state index in [2.05, 4.69) is 10.6 Å². The number of likely N-dealkylation sites (tertiary alicyclic amines) is 1. The Labute approximate surface area is 158 Å². The largest absolute Gasteiger partial charge is 0.339 e. The SMILES string of the molecule is Cl.O=C(c1cc(N2CCNC2=O)ccc1F)N1CCC2(CCNC2)CC1. The molecule has 0 bridgehead atoms. The molecule has 3 heterocycles. The maximum Gasteiger partial charge on any atom is 0.321 e. The van der Waals surface area contributed by atoms with E-state index in [-0.39, 0.29) is 29.9 Å². The van der Waals surface area contributed by atoms with E-state index in [1.807, 2.05) is 0 Å². The summed E-state index contributed by atoms with van der Waals surface area (Å²) in [6.07, 6.45) is 3.08. The van der Waals surface area contributed by atoms with Crippen molar-refractivity contribution in [3.63, 3.8) is 0 Å². The summed E-state index contributed by atoms with van der Waals surface area (Å²) >= 11 is 0. The number of nitrogens with one attached hydrogen (secondary N) is 2. The molecule has 3 fully saturated rings. The summed E-state index contributed by atoms with van der Waals surface area (Å²) in [5, 5.41) is 6.12. The molecule has 26 heavy (non-hydrogen) atoms. The molecule has 0 aliphatic carbocycles. The topological polar surface area (TPSA) is 64.7 Å². The molecular weight excluding hydrogens is 359 g/mol. The van der Waals surface area contributed by atoms with Gasteiger partial charge in [-0.2, -0.15) is 0 Å². The first kappa shape index (κ1) is 18.9. The van der Waals surface area contributed by atoms with E-state index in [9.17, 15) is 14.0 Å². The van der Waals surface area contributed by atoms with Crippen LogP contribution in [-0.4, -0.2) is 56.1 Å². The van der Waals surface area contributed by atoms with Crippen LogP contribution in [0, 0.1) is 11.2 Å². The summed E-state index contributed by atoms with van der Waals surface area (Å²) in [4.78, 5) is 27.9. The molecule has 8 heteroatoms. The molecule has 3 aliphatic heterocycles. The number of carbonyl (C=O) groups excluding carboxylic acids is 2. The van der Waals surface area contributed by atoms with Gasteiger partial charge in [0, 0.05) is 38.4 Å². The summed E-state index contributed by atoms with van der Waals surface area (Å²) < 4.78 is 14.3. The molecule has 0 aromatic heterocycles. The second-order valence-corrected chi connectivity index (χ2v) is 7.27. The first-order valence-corrected chi connectivity index (χ1v) is 8.93. The minimum atomic E-state index is -0.531. The van der Waals surface area contributed by atoms with E-state index in [1.165, 1.54) is 17.0 Å². The van der Waals surface area contributed by atoms with Gasteiger partial charge in [0.25, 0.3) is 5.91 Å². The molecule has 3 aliphatic rings. The number of urea groups is 1. The normalized spacial score (nSPS) is 21.7. The van der Waals surface area contributed by atoms with Gasteiger partial charge in [0.15, 0.2) is 0 Å². The van der Waals surface area contributed by atoms with Gasteiger partial charge in [-0.05, 0) is 49.4 Å². The number of hydrogen-bond acceptors (Lipinski definition) is 3. The number of carbonyl (C=O) groups is 2. The molecule has 0 saturated carbocycles. The smallest absolute Gasteiger partial charge is 0.321 e. The van der Waals surface area contributed by atoms with Crippen LogP contribution in [0.4, 0.5) is 14.9 Å². The van der Waals surface area contributed by atoms with Crippen molar-refractivity contribution in [1.29, 1.82) is 0 Å². The van der Waals surface area contributed by atoms with Gasteiger partial charge in [0.1, 0.15) is 5.82 Å². The number of benzene rings is 1. The number of piperidine rings is 1. The number of hydrogen-bond donors (Lipinski definition) is 2. The summed E-state index contributed by atoms with van der Waals surface area (Å²) in [6.45, 7) is 4.47. The van der Waals surface area contributed by atoms with Crippen molar-refractivity contribution in [2.45, 2.75) is 19.3 Å². The van der Waals surface area contributed by atoms with Gasteiger partial charge < -0.3 is 15.5 Å². The summed E-state index contributed by atoms with van der Waals surface area (Å²) in [5.74, 6) is -0.809. The van der Waals surface area contributed by atoms with Crippen molar-refractivity contribution < 1.29 is 14.0 Å². The van der Waals surface area contributed by atoms with Crippen molar-refractivity contribution in [2.75, 3.05) is 44.2 Å². The van der Waals surface area contributed by atoms with Crippen LogP contribution in [0.1, 0.15) is 29.6 Å². The predicted molar refractivity (Wildman–Crippen MR) is 99.4 cm³/mol. The predicted octanol–water partition coefficient (Wildman–Crippen LogP) is 1.99. The average Bonchev–Trinajstić information content (AvgIpc) is 3.25. The minimum Gasteiger partial charge on any atom is -0.339 e. The zero-order valence-corrected chi connectivity index (χ0v) is 15.4. The van der Waals surface area contributed by atoms with Crippen LogP contribution in [0.5, 0.6) is 0 Å². The number of rotatable bonds is 2. The third-order valence-electron chi connectivity index (χ3n) is 5.79. The van der Waals surface area contributed by atoms with Crippen LogP contribution >= 0.6 is 12.4 Å². The van der Waals surface area contributed by atoms with E-state index < -0.39 is 5.82 Å². The summed E-state index contributed by atoms with van der Waals surface area (Å²) in [6, 6.07) is 4.12. The molecule has 142 valence electrons. The number of anilines is 1. The first-order valence-electron chi connectivity index (χ1n) is 8.93. The molecule has 1 spiro atoms. The maximum absolute atomic E-state index is 14.3. The van der Waals surface area contributed by atoms with E-state index in [0.717, 1.165) is 32.4 Å². The fraction of sp³-hybridized carbons (Fsp3) is 0.556. The molecule has 0 unspecified atom stereocenters. The van der Waals surface area contributed by atoms with Crippen molar-refractivity contribution in [3.8, 4) is 0 Å². The molecule has 3 saturated heterocycles. The lowest BCUT2D eigenvalue weighted by Crippen LogP contribution is -2.44. The van der Waals surface area contributed by atoms with Crippen LogP contribution in [0.15, 0.2) is 18.2 Å². The fourth-order valence-electron chi connectivity index (χ4n) is 4.14. The van der Waals surface area contributed by atoms with Crippen LogP contribution in [0.2, 0.25) is 0 Å². The lowest BCUT2D eigenvalue weighted by Gasteiger charge is -2.39. The average molecular weight is 383 g/mol. The molecule has 6 nitrogen and oxygen atoms in total. The van der Waals surface area contributed by atoms with Crippen LogP contribution < -0.4 is 15.5 Å². The Bertz CT molecular complexity index is 698. The highest BCUT2D eigenvalue weighted by Crippen LogP contribution is 2.37. The van der Waals surface area contributed by atoms with Gasteiger partial charge in [0.2, 0.25) is 0 Å². The Morgan fingerprint density at radius 1 is 1.12 bits per heavy atom. The van der Waals surface area contributed by atoms with Crippen LogP contribution in [0.3, 0.4) is 0 Å². The van der Waals surface area contributed by atoms with Gasteiger partial charge in [0.05, 0.1) is 5.56 Å². The summed E-state index contributed by atoms with van der Waals surface area (Å²) in [7, 11) is 0. The number of halogens is 2. The Kier molecular flexibility index (Phi) is 5.39. The monoisotopic (exact) mass is 382 g/mol. The minimum absolute atomic E-state index is 0. The van der Waals surface area contributed by atoms with Gasteiger partial charge in [-0.25, -0.2) is 9.18 Å². The van der Waals surface area contributed by atoms with Crippen molar-refractivity contribution in [2.24, 2.45) is 5.41 Å². The highest BCUT2D eigenvalue weighted by Gasteiger charge is 2.38. The van der Waals surface area contributed by atoms with Gasteiger partial charge in [-0.3, -0.25) is 9.69 Å². The third-order valence-corrected chi connectivity index (χ3v) is 5.79. The molecule has 3 amide bonds. The number of nitrogens with zero attached hydrogens (tertiary/aromatic N) is 2. The highest BCUT2D eigenvalue weighted by molar-refractivity contribution is 5.98. The van der Waals surface area contributed by atoms with E-state index in [4.69, 9.17) is 0 Å². The highest BCUT2D eigenvalue weighted by atomic mass is 35.5. The van der Waals surface area contributed by atoms with Crippen LogP contribution in [0.25, 0.3) is 0 Å². The zero-order valence-electron chi connectivity index (χ0n) is 14.6. The second kappa shape index (κ2) is 7.40. The molecule has 2 N–H and O–H groups in total.